The van der Waals surface area contributed by atoms with Crippen LogP contribution >= 0.6 is 0 Å². The first-order valence-corrected chi connectivity index (χ1v) is 4.48. The van der Waals surface area contributed by atoms with Crippen LogP contribution in [0, 0.1) is 11.8 Å². The van der Waals surface area contributed by atoms with E-state index in [4.69, 9.17) is 4.42 Å². The van der Waals surface area contributed by atoms with Gasteiger partial charge in [0.05, 0.1) is 11.8 Å². The number of furan rings is 1. The second-order valence-corrected chi connectivity index (χ2v) is 3.00. The van der Waals surface area contributed by atoms with E-state index in [0.717, 1.165) is 17.4 Å². The predicted octanol–water partition coefficient (Wildman–Crippen LogP) is 2.49. The lowest BCUT2D eigenvalue weighted by Crippen LogP contribution is -1.79. The standard InChI is InChI=1S/C13H8O2/c14-9-12-4-1-11(2-5-12)3-6-13-7-8-15-10-13/h1-2,4-5,7-10H. The molecule has 1 aromatic carbocycles. The molecule has 0 saturated carbocycles. The lowest BCUT2D eigenvalue weighted by atomic mass is 10.1. The van der Waals surface area contributed by atoms with E-state index in [0.29, 0.717) is 5.56 Å². The zero-order chi connectivity index (χ0) is 10.5. The summed E-state index contributed by atoms with van der Waals surface area (Å²) in [5, 5.41) is 0. The molecule has 0 radical (unpaired) electrons. The van der Waals surface area contributed by atoms with Crippen LogP contribution in [-0.4, -0.2) is 6.29 Å². The molecule has 0 atom stereocenters. The van der Waals surface area contributed by atoms with Crippen molar-refractivity contribution in [1.82, 2.24) is 0 Å². The summed E-state index contributed by atoms with van der Waals surface area (Å²) in [4.78, 5) is 10.4. The molecule has 72 valence electrons. The summed E-state index contributed by atoms with van der Waals surface area (Å²) in [6.45, 7) is 0. The molecule has 0 aliphatic carbocycles. The number of rotatable bonds is 1. The SMILES string of the molecule is O=Cc1ccc(C#Cc2ccoc2)cc1. The molecular formula is C13H8O2. The molecule has 0 N–H and O–H groups in total. The van der Waals surface area contributed by atoms with E-state index in [1.165, 1.54) is 0 Å². The van der Waals surface area contributed by atoms with Gasteiger partial charge in [0.1, 0.15) is 12.5 Å². The fourth-order valence-corrected chi connectivity index (χ4v) is 1.12. The fourth-order valence-electron chi connectivity index (χ4n) is 1.12. The Kier molecular flexibility index (Phi) is 2.66. The molecule has 0 spiro atoms. The van der Waals surface area contributed by atoms with Gasteiger partial charge in [-0.3, -0.25) is 4.79 Å². The van der Waals surface area contributed by atoms with Gasteiger partial charge in [0.2, 0.25) is 0 Å². The van der Waals surface area contributed by atoms with E-state index in [2.05, 4.69) is 11.8 Å². The minimum Gasteiger partial charge on any atom is -0.471 e. The van der Waals surface area contributed by atoms with Crippen molar-refractivity contribution < 1.29 is 9.21 Å². The van der Waals surface area contributed by atoms with E-state index in [9.17, 15) is 4.79 Å². The van der Waals surface area contributed by atoms with Gasteiger partial charge in [-0.1, -0.05) is 24.0 Å². The van der Waals surface area contributed by atoms with E-state index < -0.39 is 0 Å². The average Bonchev–Trinajstić information content (AvgIpc) is 2.80. The number of hydrogen-bond acceptors (Lipinski definition) is 2. The average molecular weight is 196 g/mol. The topological polar surface area (TPSA) is 30.2 Å². The van der Waals surface area contributed by atoms with Crippen molar-refractivity contribution in [2.45, 2.75) is 0 Å². The molecule has 0 saturated heterocycles. The van der Waals surface area contributed by atoms with Crippen molar-refractivity contribution >= 4 is 6.29 Å². The van der Waals surface area contributed by atoms with Crippen molar-refractivity contribution in [2.75, 3.05) is 0 Å². The smallest absolute Gasteiger partial charge is 0.150 e. The van der Waals surface area contributed by atoms with Crippen LogP contribution in [0.2, 0.25) is 0 Å². The Morgan fingerprint density at radius 1 is 1.00 bits per heavy atom. The van der Waals surface area contributed by atoms with Crippen molar-refractivity contribution in [3.8, 4) is 11.8 Å². The number of benzene rings is 1. The molecular weight excluding hydrogens is 188 g/mol. The second kappa shape index (κ2) is 4.30. The van der Waals surface area contributed by atoms with Gasteiger partial charge in [-0.2, -0.15) is 0 Å². The first kappa shape index (κ1) is 9.29. The van der Waals surface area contributed by atoms with Gasteiger partial charge in [-0.15, -0.1) is 0 Å². The first-order chi connectivity index (χ1) is 7.38. The van der Waals surface area contributed by atoms with Gasteiger partial charge in [0, 0.05) is 11.1 Å². The molecule has 2 rings (SSSR count). The number of carbonyl (C=O) groups is 1. The maximum Gasteiger partial charge on any atom is 0.150 e. The minimum absolute atomic E-state index is 0.656. The third kappa shape index (κ3) is 2.35. The van der Waals surface area contributed by atoms with E-state index in [1.807, 2.05) is 12.1 Å². The molecule has 0 unspecified atom stereocenters. The summed E-state index contributed by atoms with van der Waals surface area (Å²) in [5.41, 5.74) is 2.38. The zero-order valence-corrected chi connectivity index (χ0v) is 7.94. The lowest BCUT2D eigenvalue weighted by molar-refractivity contribution is 0.112. The van der Waals surface area contributed by atoms with Gasteiger partial charge in [-0.05, 0) is 18.2 Å². The molecule has 1 heterocycles. The highest BCUT2D eigenvalue weighted by atomic mass is 16.3. The Bertz CT molecular complexity index is 496. The Morgan fingerprint density at radius 2 is 1.73 bits per heavy atom. The number of aldehydes is 1. The highest BCUT2D eigenvalue weighted by Crippen LogP contribution is 2.02. The quantitative estimate of drug-likeness (QED) is 0.518. The Hall–Kier alpha value is -2.27. The van der Waals surface area contributed by atoms with Crippen molar-refractivity contribution in [1.29, 1.82) is 0 Å². The van der Waals surface area contributed by atoms with Crippen LogP contribution < -0.4 is 0 Å². The van der Waals surface area contributed by atoms with E-state index in [-0.39, 0.29) is 0 Å². The van der Waals surface area contributed by atoms with Crippen LogP contribution in [0.15, 0.2) is 47.3 Å². The lowest BCUT2D eigenvalue weighted by Gasteiger charge is -1.90. The summed E-state index contributed by atoms with van der Waals surface area (Å²) in [6, 6.07) is 8.92. The molecule has 0 amide bonds. The molecule has 2 heteroatoms. The molecule has 0 bridgehead atoms. The molecule has 0 fully saturated rings. The maximum atomic E-state index is 10.4. The monoisotopic (exact) mass is 196 g/mol. The Labute approximate surface area is 87.5 Å². The summed E-state index contributed by atoms with van der Waals surface area (Å²) < 4.78 is 4.89. The first-order valence-electron chi connectivity index (χ1n) is 4.48. The van der Waals surface area contributed by atoms with Crippen molar-refractivity contribution in [3.05, 3.63) is 59.5 Å². The summed E-state index contributed by atoms with van der Waals surface area (Å²) in [6.07, 6.45) is 3.99. The number of hydrogen-bond donors (Lipinski definition) is 0. The Morgan fingerprint density at radius 3 is 2.33 bits per heavy atom. The van der Waals surface area contributed by atoms with Crippen LogP contribution in [0.25, 0.3) is 0 Å². The van der Waals surface area contributed by atoms with Gasteiger partial charge in [0.25, 0.3) is 0 Å². The minimum atomic E-state index is 0.656. The molecule has 2 nitrogen and oxygen atoms in total. The molecule has 2 aromatic rings. The summed E-state index contributed by atoms with van der Waals surface area (Å²) in [5.74, 6) is 5.92. The molecule has 0 aliphatic rings. The molecule has 1 aromatic heterocycles. The van der Waals surface area contributed by atoms with Crippen LogP contribution in [0.1, 0.15) is 21.5 Å². The molecule has 0 aliphatic heterocycles. The zero-order valence-electron chi connectivity index (χ0n) is 7.94. The van der Waals surface area contributed by atoms with Gasteiger partial charge in [0.15, 0.2) is 0 Å². The fraction of sp³-hybridized carbons (Fsp3) is 0. The number of carbonyl (C=O) groups excluding carboxylic acids is 1. The van der Waals surface area contributed by atoms with E-state index in [1.54, 1.807) is 30.7 Å². The summed E-state index contributed by atoms with van der Waals surface area (Å²) in [7, 11) is 0. The third-order valence-corrected chi connectivity index (χ3v) is 1.92. The van der Waals surface area contributed by atoms with E-state index >= 15 is 0 Å². The van der Waals surface area contributed by atoms with Crippen LogP contribution in [0.5, 0.6) is 0 Å². The van der Waals surface area contributed by atoms with Crippen LogP contribution in [0.4, 0.5) is 0 Å². The molecule has 15 heavy (non-hydrogen) atoms. The predicted molar refractivity (Wildman–Crippen MR) is 56.5 cm³/mol. The van der Waals surface area contributed by atoms with Gasteiger partial charge >= 0.3 is 0 Å². The maximum absolute atomic E-state index is 10.4. The van der Waals surface area contributed by atoms with Crippen LogP contribution in [0.3, 0.4) is 0 Å². The van der Waals surface area contributed by atoms with Crippen molar-refractivity contribution in [3.63, 3.8) is 0 Å². The Balaban J connectivity index is 2.21. The summed E-state index contributed by atoms with van der Waals surface area (Å²) >= 11 is 0. The highest BCUT2D eigenvalue weighted by molar-refractivity contribution is 5.74. The third-order valence-electron chi connectivity index (χ3n) is 1.92. The van der Waals surface area contributed by atoms with Crippen molar-refractivity contribution in [2.24, 2.45) is 0 Å². The highest BCUT2D eigenvalue weighted by Gasteiger charge is 1.90. The van der Waals surface area contributed by atoms with Gasteiger partial charge in [-0.25, -0.2) is 0 Å². The second-order valence-electron chi connectivity index (χ2n) is 3.00. The van der Waals surface area contributed by atoms with Gasteiger partial charge < -0.3 is 4.42 Å². The van der Waals surface area contributed by atoms with Crippen LogP contribution in [-0.2, 0) is 0 Å². The normalized spacial score (nSPS) is 9.07. The largest absolute Gasteiger partial charge is 0.471 e.